The molecule has 1 heterocycles. The van der Waals surface area contributed by atoms with Crippen LogP contribution in [0.1, 0.15) is 0 Å². The Labute approximate surface area is 163 Å². The van der Waals surface area contributed by atoms with Gasteiger partial charge in [0.2, 0.25) is 5.91 Å². The van der Waals surface area contributed by atoms with Gasteiger partial charge in [0.15, 0.2) is 4.34 Å². The molecule has 138 valence electrons. The van der Waals surface area contributed by atoms with Gasteiger partial charge in [0.1, 0.15) is 5.75 Å². The van der Waals surface area contributed by atoms with Crippen LogP contribution in [0.25, 0.3) is 11.3 Å². The highest BCUT2D eigenvalue weighted by Crippen LogP contribution is 2.30. The average Bonchev–Trinajstić information content (AvgIpc) is 3.16. The summed E-state index contributed by atoms with van der Waals surface area (Å²) in [4.78, 5) is 27.0. The summed E-state index contributed by atoms with van der Waals surface area (Å²) in [6.45, 7) is 0. The summed E-state index contributed by atoms with van der Waals surface area (Å²) in [6, 6.07) is 13.9. The Balaban J connectivity index is 1.60. The van der Waals surface area contributed by atoms with E-state index in [0.717, 1.165) is 15.6 Å². The maximum absolute atomic E-state index is 12.2. The van der Waals surface area contributed by atoms with E-state index in [9.17, 15) is 14.9 Å². The number of amides is 1. The minimum Gasteiger partial charge on any atom is -0.494 e. The topological polar surface area (TPSA) is 94.4 Å². The Kier molecular flexibility index (Phi) is 6.05. The van der Waals surface area contributed by atoms with Crippen molar-refractivity contribution in [3.63, 3.8) is 0 Å². The Morgan fingerprint density at radius 2 is 2.07 bits per heavy atom. The molecule has 27 heavy (non-hydrogen) atoms. The number of benzene rings is 2. The van der Waals surface area contributed by atoms with Crippen LogP contribution in [0.4, 0.5) is 11.4 Å². The fraction of sp³-hybridized carbons (Fsp3) is 0.111. The van der Waals surface area contributed by atoms with Crippen molar-refractivity contribution < 1.29 is 14.5 Å². The van der Waals surface area contributed by atoms with Gasteiger partial charge < -0.3 is 10.1 Å². The largest absolute Gasteiger partial charge is 0.494 e. The minimum atomic E-state index is -0.517. The van der Waals surface area contributed by atoms with Crippen molar-refractivity contribution in [1.82, 2.24) is 4.98 Å². The standard InChI is InChI=1S/C18H15N3O4S2/c1-25-16-9-13(21(23)24)7-8-14(16)19-17(22)11-27-18-20-15(10-26-18)12-5-3-2-4-6-12/h2-10H,11H2,1H3,(H,19,22). The zero-order valence-electron chi connectivity index (χ0n) is 14.2. The minimum absolute atomic E-state index is 0.101. The molecule has 7 nitrogen and oxygen atoms in total. The highest BCUT2D eigenvalue weighted by Gasteiger charge is 2.14. The molecule has 0 atom stereocenters. The van der Waals surface area contributed by atoms with Crippen LogP contribution in [-0.4, -0.2) is 28.7 Å². The number of thiazole rings is 1. The van der Waals surface area contributed by atoms with Gasteiger partial charge in [0, 0.05) is 17.0 Å². The molecule has 3 aromatic rings. The third-order valence-electron chi connectivity index (χ3n) is 3.55. The number of carbonyl (C=O) groups is 1. The lowest BCUT2D eigenvalue weighted by Gasteiger charge is -2.09. The Hall–Kier alpha value is -2.91. The average molecular weight is 401 g/mol. The van der Waals surface area contributed by atoms with Crippen LogP contribution < -0.4 is 10.1 Å². The quantitative estimate of drug-likeness (QED) is 0.357. The van der Waals surface area contributed by atoms with Crippen LogP contribution in [0.2, 0.25) is 0 Å². The van der Waals surface area contributed by atoms with Gasteiger partial charge in [-0.1, -0.05) is 42.1 Å². The van der Waals surface area contributed by atoms with Gasteiger partial charge in [-0.25, -0.2) is 4.98 Å². The molecule has 0 aliphatic heterocycles. The second kappa shape index (κ2) is 8.65. The maximum Gasteiger partial charge on any atom is 0.273 e. The number of nitrogens with zero attached hydrogens (tertiary/aromatic N) is 2. The molecule has 0 spiro atoms. The number of ether oxygens (including phenoxy) is 1. The summed E-state index contributed by atoms with van der Waals surface area (Å²) < 4.78 is 5.91. The van der Waals surface area contributed by atoms with E-state index in [0.29, 0.717) is 5.69 Å². The van der Waals surface area contributed by atoms with E-state index in [1.54, 1.807) is 0 Å². The lowest BCUT2D eigenvalue weighted by molar-refractivity contribution is -0.384. The lowest BCUT2D eigenvalue weighted by Crippen LogP contribution is -2.14. The van der Waals surface area contributed by atoms with Crippen LogP contribution in [0, 0.1) is 10.1 Å². The van der Waals surface area contributed by atoms with E-state index in [-0.39, 0.29) is 23.1 Å². The predicted molar refractivity (Wildman–Crippen MR) is 107 cm³/mol. The number of nitro benzene ring substituents is 1. The van der Waals surface area contributed by atoms with Gasteiger partial charge in [-0.3, -0.25) is 14.9 Å². The van der Waals surface area contributed by atoms with Crippen LogP contribution in [0.5, 0.6) is 5.75 Å². The normalized spacial score (nSPS) is 10.4. The van der Waals surface area contributed by atoms with Crippen LogP contribution in [0.15, 0.2) is 58.3 Å². The van der Waals surface area contributed by atoms with Crippen LogP contribution >= 0.6 is 23.1 Å². The van der Waals surface area contributed by atoms with Crippen molar-refractivity contribution in [2.75, 3.05) is 18.2 Å². The first kappa shape index (κ1) is 18.9. The van der Waals surface area contributed by atoms with E-state index in [2.05, 4.69) is 10.3 Å². The van der Waals surface area contributed by atoms with Gasteiger partial charge in [-0.2, -0.15) is 0 Å². The smallest absolute Gasteiger partial charge is 0.273 e. The van der Waals surface area contributed by atoms with E-state index in [1.807, 2.05) is 35.7 Å². The van der Waals surface area contributed by atoms with E-state index in [1.165, 1.54) is 48.4 Å². The Morgan fingerprint density at radius 3 is 2.78 bits per heavy atom. The van der Waals surface area contributed by atoms with Crippen molar-refractivity contribution in [2.24, 2.45) is 0 Å². The van der Waals surface area contributed by atoms with Crippen molar-refractivity contribution in [3.05, 3.63) is 64.0 Å². The van der Waals surface area contributed by atoms with Gasteiger partial charge >= 0.3 is 0 Å². The maximum atomic E-state index is 12.2. The molecule has 3 rings (SSSR count). The number of nitrogens with one attached hydrogen (secondary N) is 1. The van der Waals surface area contributed by atoms with Gasteiger partial charge in [0.05, 0.1) is 35.2 Å². The fourth-order valence-corrected chi connectivity index (χ4v) is 3.91. The molecule has 0 fully saturated rings. The van der Waals surface area contributed by atoms with Crippen molar-refractivity contribution in [1.29, 1.82) is 0 Å². The number of thioether (sulfide) groups is 1. The van der Waals surface area contributed by atoms with E-state index < -0.39 is 4.92 Å². The second-order valence-corrected chi connectivity index (χ2v) is 7.42. The van der Waals surface area contributed by atoms with Crippen molar-refractivity contribution in [3.8, 4) is 17.0 Å². The molecule has 0 radical (unpaired) electrons. The number of aromatic nitrogens is 1. The monoisotopic (exact) mass is 401 g/mol. The summed E-state index contributed by atoms with van der Waals surface area (Å²) in [6.07, 6.45) is 0. The highest BCUT2D eigenvalue weighted by molar-refractivity contribution is 8.01. The first-order valence-electron chi connectivity index (χ1n) is 7.83. The molecular weight excluding hydrogens is 386 g/mol. The molecule has 0 saturated carbocycles. The molecule has 2 aromatic carbocycles. The highest BCUT2D eigenvalue weighted by atomic mass is 32.2. The number of methoxy groups -OCH3 is 1. The van der Waals surface area contributed by atoms with Crippen LogP contribution in [0.3, 0.4) is 0 Å². The predicted octanol–water partition coefficient (Wildman–Crippen LogP) is 4.46. The van der Waals surface area contributed by atoms with Crippen molar-refractivity contribution >= 4 is 40.4 Å². The number of non-ortho nitro benzene ring substituents is 1. The number of nitro groups is 1. The third-order valence-corrected chi connectivity index (χ3v) is 5.57. The molecule has 0 aliphatic carbocycles. The second-order valence-electron chi connectivity index (χ2n) is 5.34. The molecule has 0 bridgehead atoms. The summed E-state index contributed by atoms with van der Waals surface area (Å²) in [5.41, 5.74) is 2.19. The van der Waals surface area contributed by atoms with Gasteiger partial charge in [0.25, 0.3) is 5.69 Å². The molecule has 9 heteroatoms. The number of hydrogen-bond donors (Lipinski definition) is 1. The Morgan fingerprint density at radius 1 is 1.30 bits per heavy atom. The first-order valence-corrected chi connectivity index (χ1v) is 9.69. The molecule has 0 unspecified atom stereocenters. The van der Waals surface area contributed by atoms with Gasteiger partial charge in [-0.05, 0) is 6.07 Å². The molecule has 1 amide bonds. The van der Waals surface area contributed by atoms with E-state index >= 15 is 0 Å². The molecule has 1 aromatic heterocycles. The lowest BCUT2D eigenvalue weighted by atomic mass is 10.2. The molecular formula is C18H15N3O4S2. The molecule has 0 saturated heterocycles. The SMILES string of the molecule is COc1cc([N+](=O)[O-])ccc1NC(=O)CSc1nc(-c2ccccc2)cs1. The zero-order valence-corrected chi connectivity index (χ0v) is 15.9. The summed E-state index contributed by atoms with van der Waals surface area (Å²) in [5.74, 6) is 0.161. The Bertz CT molecular complexity index is 960. The van der Waals surface area contributed by atoms with Gasteiger partial charge in [-0.15, -0.1) is 11.3 Å². The third kappa shape index (κ3) is 4.83. The fourth-order valence-electron chi connectivity index (χ4n) is 2.28. The molecule has 0 aliphatic rings. The van der Waals surface area contributed by atoms with Crippen LogP contribution in [-0.2, 0) is 4.79 Å². The first-order chi connectivity index (χ1) is 13.1. The van der Waals surface area contributed by atoms with E-state index in [4.69, 9.17) is 4.74 Å². The summed E-state index contributed by atoms with van der Waals surface area (Å²) in [5, 5.41) is 15.5. The number of anilines is 1. The number of carbonyl (C=O) groups excluding carboxylic acids is 1. The van der Waals surface area contributed by atoms with Crippen molar-refractivity contribution in [2.45, 2.75) is 4.34 Å². The molecule has 1 N–H and O–H groups in total. The zero-order chi connectivity index (χ0) is 19.2. The number of rotatable bonds is 7. The number of hydrogen-bond acceptors (Lipinski definition) is 7. The summed E-state index contributed by atoms with van der Waals surface area (Å²) >= 11 is 2.81. The summed E-state index contributed by atoms with van der Waals surface area (Å²) in [7, 11) is 1.39.